The predicted molar refractivity (Wildman–Crippen MR) is 127 cm³/mol. The summed E-state index contributed by atoms with van der Waals surface area (Å²) in [5, 5.41) is 12.8. The van der Waals surface area contributed by atoms with Crippen LogP contribution >= 0.6 is 11.3 Å². The summed E-state index contributed by atoms with van der Waals surface area (Å²) >= 11 is 1.76. The molecule has 0 saturated carbocycles. The van der Waals surface area contributed by atoms with Gasteiger partial charge in [-0.15, -0.1) is 11.3 Å². The summed E-state index contributed by atoms with van der Waals surface area (Å²) in [6.07, 6.45) is 0. The maximum absolute atomic E-state index is 8.74. The van der Waals surface area contributed by atoms with Gasteiger partial charge in [0.15, 0.2) is 5.84 Å². The molecule has 0 bridgehead atoms. The van der Waals surface area contributed by atoms with Gasteiger partial charge in [0.2, 0.25) is 0 Å². The Bertz CT molecular complexity index is 1030. The lowest BCUT2D eigenvalue weighted by Gasteiger charge is -2.10. The van der Waals surface area contributed by atoms with Gasteiger partial charge in [0.05, 0.1) is 23.9 Å². The van der Waals surface area contributed by atoms with Crippen LogP contribution in [0, 0.1) is 6.92 Å². The first-order valence-corrected chi connectivity index (χ1v) is 11.3. The van der Waals surface area contributed by atoms with Crippen LogP contribution in [0.1, 0.15) is 35.2 Å². The third kappa shape index (κ3) is 6.45. The fraction of sp³-hybridized carbons (Fsp3) is 0.333. The number of nitrogens with zero attached hydrogens (tertiary/aromatic N) is 2. The molecule has 0 saturated heterocycles. The molecule has 0 fully saturated rings. The van der Waals surface area contributed by atoms with Gasteiger partial charge in [-0.1, -0.05) is 31.1 Å². The van der Waals surface area contributed by atoms with E-state index < -0.39 is 0 Å². The van der Waals surface area contributed by atoms with Gasteiger partial charge in [0, 0.05) is 16.0 Å². The number of rotatable bonds is 11. The van der Waals surface area contributed by atoms with Crippen molar-refractivity contribution >= 4 is 17.2 Å². The van der Waals surface area contributed by atoms with Crippen molar-refractivity contribution < 1.29 is 19.4 Å². The zero-order valence-corrected chi connectivity index (χ0v) is 19.4. The van der Waals surface area contributed by atoms with Crippen LogP contribution in [-0.4, -0.2) is 42.5 Å². The fourth-order valence-corrected chi connectivity index (χ4v) is 4.04. The Labute approximate surface area is 192 Å². The van der Waals surface area contributed by atoms with Gasteiger partial charge in [-0.2, -0.15) is 0 Å². The number of oxime groups is 1. The molecule has 0 amide bonds. The fourth-order valence-electron chi connectivity index (χ4n) is 3.09. The van der Waals surface area contributed by atoms with Gasteiger partial charge in [-0.05, 0) is 49.2 Å². The molecule has 8 heteroatoms. The molecule has 1 aromatic heterocycles. The number of amidine groups is 1. The zero-order chi connectivity index (χ0) is 22.9. The van der Waals surface area contributed by atoms with E-state index in [9.17, 15) is 0 Å². The average Bonchev–Trinajstić information content (AvgIpc) is 3.20. The second-order valence-corrected chi connectivity index (χ2v) is 8.68. The number of aryl methyl sites for hydroxylation is 1. The van der Waals surface area contributed by atoms with Crippen LogP contribution in [-0.2, 0) is 4.74 Å². The second-order valence-electron chi connectivity index (χ2n) is 7.45. The molecule has 32 heavy (non-hydrogen) atoms. The molecule has 0 radical (unpaired) electrons. The summed E-state index contributed by atoms with van der Waals surface area (Å²) in [5.74, 6) is 1.92. The lowest BCUT2D eigenvalue weighted by atomic mass is 10.1. The van der Waals surface area contributed by atoms with Crippen LogP contribution in [0.5, 0.6) is 11.5 Å². The third-order valence-corrected chi connectivity index (χ3v) is 5.91. The first kappa shape index (κ1) is 23.6. The van der Waals surface area contributed by atoms with Gasteiger partial charge in [0.25, 0.3) is 0 Å². The molecule has 0 unspecified atom stereocenters. The summed E-state index contributed by atoms with van der Waals surface area (Å²) < 4.78 is 17.0. The van der Waals surface area contributed by atoms with Crippen molar-refractivity contribution in [1.82, 2.24) is 4.98 Å². The minimum Gasteiger partial charge on any atom is -0.491 e. The van der Waals surface area contributed by atoms with E-state index in [4.69, 9.17) is 30.1 Å². The smallest absolute Gasteiger partial charge is 0.170 e. The molecule has 3 N–H and O–H groups in total. The van der Waals surface area contributed by atoms with E-state index >= 15 is 0 Å². The molecule has 0 spiro atoms. The SMILES string of the molecule is Cc1nc(-c2ccc(OCCOCCOc3cccc(C(N)=NO)c3)cc2)c(C(C)C)s1. The predicted octanol–water partition coefficient (Wildman–Crippen LogP) is 4.81. The summed E-state index contributed by atoms with van der Waals surface area (Å²) in [7, 11) is 0. The van der Waals surface area contributed by atoms with Crippen LogP contribution in [0.3, 0.4) is 0 Å². The number of hydrogen-bond acceptors (Lipinski definition) is 7. The van der Waals surface area contributed by atoms with Gasteiger partial charge in [0.1, 0.15) is 24.7 Å². The van der Waals surface area contributed by atoms with Crippen LogP contribution in [0.25, 0.3) is 11.3 Å². The van der Waals surface area contributed by atoms with Crippen LogP contribution in [0.4, 0.5) is 0 Å². The topological polar surface area (TPSA) is 99.2 Å². The third-order valence-electron chi connectivity index (χ3n) is 4.64. The van der Waals surface area contributed by atoms with Crippen molar-refractivity contribution in [2.75, 3.05) is 26.4 Å². The van der Waals surface area contributed by atoms with Gasteiger partial charge >= 0.3 is 0 Å². The molecule has 0 aliphatic heterocycles. The maximum atomic E-state index is 8.74. The molecular formula is C24H29N3O4S. The molecule has 3 aromatic rings. The lowest BCUT2D eigenvalue weighted by Crippen LogP contribution is -2.14. The zero-order valence-electron chi connectivity index (χ0n) is 18.6. The first-order chi connectivity index (χ1) is 15.5. The number of aromatic nitrogens is 1. The Morgan fingerprint density at radius 1 is 1.03 bits per heavy atom. The minimum absolute atomic E-state index is 0.0407. The van der Waals surface area contributed by atoms with E-state index in [1.54, 1.807) is 35.6 Å². The largest absolute Gasteiger partial charge is 0.491 e. The van der Waals surface area contributed by atoms with Gasteiger partial charge in [-0.25, -0.2) is 4.98 Å². The van der Waals surface area contributed by atoms with Gasteiger partial charge < -0.3 is 25.2 Å². The standard InChI is InChI=1S/C24H29N3O4S/c1-16(2)23-22(26-17(3)32-23)18-7-9-20(10-8-18)30-13-11-29-12-14-31-21-6-4-5-19(15-21)24(25)27-28/h4-10,15-16,28H,11-14H2,1-3H3,(H2,25,27). The summed E-state index contributed by atoms with van der Waals surface area (Å²) in [6, 6.07) is 15.1. The maximum Gasteiger partial charge on any atom is 0.170 e. The van der Waals surface area contributed by atoms with Crippen LogP contribution in [0.15, 0.2) is 53.7 Å². The van der Waals surface area contributed by atoms with E-state index in [1.165, 1.54) is 4.88 Å². The molecule has 0 atom stereocenters. The number of benzene rings is 2. The Morgan fingerprint density at radius 2 is 1.72 bits per heavy atom. The highest BCUT2D eigenvalue weighted by atomic mass is 32.1. The lowest BCUT2D eigenvalue weighted by molar-refractivity contribution is 0.0764. The monoisotopic (exact) mass is 455 g/mol. The molecule has 2 aromatic carbocycles. The average molecular weight is 456 g/mol. The van der Waals surface area contributed by atoms with E-state index in [-0.39, 0.29) is 5.84 Å². The number of hydrogen-bond donors (Lipinski definition) is 2. The van der Waals surface area contributed by atoms with E-state index in [0.717, 1.165) is 22.0 Å². The molecule has 0 aliphatic carbocycles. The van der Waals surface area contributed by atoms with E-state index in [0.29, 0.717) is 43.7 Å². The molecule has 7 nitrogen and oxygen atoms in total. The van der Waals surface area contributed by atoms with Crippen molar-refractivity contribution in [3.63, 3.8) is 0 Å². The Hall–Kier alpha value is -3.10. The highest BCUT2D eigenvalue weighted by molar-refractivity contribution is 7.12. The molecule has 170 valence electrons. The molecule has 1 heterocycles. The molecule has 3 rings (SSSR count). The number of nitrogens with two attached hydrogens (primary N) is 1. The molecular weight excluding hydrogens is 426 g/mol. The normalized spacial score (nSPS) is 11.7. The number of ether oxygens (including phenoxy) is 3. The second kappa shape index (κ2) is 11.5. The highest BCUT2D eigenvalue weighted by Gasteiger charge is 2.14. The molecule has 0 aliphatic rings. The Morgan fingerprint density at radius 3 is 2.38 bits per heavy atom. The number of thiazole rings is 1. The van der Waals surface area contributed by atoms with E-state index in [1.807, 2.05) is 31.2 Å². The minimum atomic E-state index is 0.0407. The van der Waals surface area contributed by atoms with Gasteiger partial charge in [-0.3, -0.25) is 0 Å². The van der Waals surface area contributed by atoms with Crippen molar-refractivity contribution in [2.24, 2.45) is 10.9 Å². The Balaban J connectivity index is 1.38. The van der Waals surface area contributed by atoms with Crippen LogP contribution in [0.2, 0.25) is 0 Å². The van der Waals surface area contributed by atoms with Crippen molar-refractivity contribution in [2.45, 2.75) is 26.7 Å². The van der Waals surface area contributed by atoms with Crippen molar-refractivity contribution in [1.29, 1.82) is 0 Å². The summed E-state index contributed by atoms with van der Waals surface area (Å²) in [4.78, 5) is 6.01. The quantitative estimate of drug-likeness (QED) is 0.142. The van der Waals surface area contributed by atoms with Crippen LogP contribution < -0.4 is 15.2 Å². The van der Waals surface area contributed by atoms with Crippen molar-refractivity contribution in [3.8, 4) is 22.8 Å². The highest BCUT2D eigenvalue weighted by Crippen LogP contribution is 2.34. The summed E-state index contributed by atoms with van der Waals surface area (Å²) in [5.41, 5.74) is 8.34. The van der Waals surface area contributed by atoms with Crippen molar-refractivity contribution in [3.05, 3.63) is 64.0 Å². The summed E-state index contributed by atoms with van der Waals surface area (Å²) in [6.45, 7) is 8.15. The first-order valence-electron chi connectivity index (χ1n) is 10.5. The Kier molecular flexibility index (Phi) is 8.47. The van der Waals surface area contributed by atoms with E-state index in [2.05, 4.69) is 19.0 Å².